The van der Waals surface area contributed by atoms with Crippen LogP contribution in [0.5, 0.6) is 0 Å². The third-order valence-corrected chi connectivity index (χ3v) is 3.81. The lowest BCUT2D eigenvalue weighted by Gasteiger charge is -2.15. The molecule has 0 unspecified atom stereocenters. The minimum atomic E-state index is -0.769. The molecule has 0 spiro atoms. The van der Waals surface area contributed by atoms with Crippen LogP contribution in [-0.4, -0.2) is 29.1 Å². The Morgan fingerprint density at radius 2 is 2.17 bits per heavy atom. The highest BCUT2D eigenvalue weighted by Crippen LogP contribution is 2.13. The van der Waals surface area contributed by atoms with Gasteiger partial charge < -0.3 is 10.4 Å². The van der Waals surface area contributed by atoms with Crippen molar-refractivity contribution in [3.63, 3.8) is 0 Å². The van der Waals surface area contributed by atoms with Crippen LogP contribution < -0.4 is 5.32 Å². The van der Waals surface area contributed by atoms with Gasteiger partial charge in [0.1, 0.15) is 6.04 Å². The first-order valence-corrected chi connectivity index (χ1v) is 7.46. The van der Waals surface area contributed by atoms with Crippen LogP contribution in [-0.2, 0) is 11.3 Å². The van der Waals surface area contributed by atoms with Gasteiger partial charge in [-0.15, -0.1) is 0 Å². The average molecular weight is 267 g/mol. The molecule has 0 radical (unpaired) electrons. The van der Waals surface area contributed by atoms with E-state index in [9.17, 15) is 4.79 Å². The van der Waals surface area contributed by atoms with Gasteiger partial charge >= 0.3 is 5.97 Å². The quantitative estimate of drug-likeness (QED) is 0.797. The van der Waals surface area contributed by atoms with E-state index in [-0.39, 0.29) is 0 Å². The molecule has 0 heterocycles. The van der Waals surface area contributed by atoms with Crippen molar-refractivity contribution in [1.29, 1.82) is 0 Å². The van der Waals surface area contributed by atoms with E-state index in [4.69, 9.17) is 5.11 Å². The molecule has 0 saturated carbocycles. The van der Waals surface area contributed by atoms with E-state index in [1.807, 2.05) is 18.4 Å². The van der Waals surface area contributed by atoms with Crippen molar-refractivity contribution in [2.24, 2.45) is 0 Å². The molecule has 1 rings (SSSR count). The van der Waals surface area contributed by atoms with Crippen molar-refractivity contribution in [2.45, 2.75) is 32.9 Å². The zero-order chi connectivity index (χ0) is 13.5. The molecule has 1 atom stereocenters. The second kappa shape index (κ2) is 7.44. The highest BCUT2D eigenvalue weighted by atomic mass is 32.2. The first kappa shape index (κ1) is 15.1. The topological polar surface area (TPSA) is 49.3 Å². The molecule has 18 heavy (non-hydrogen) atoms. The molecule has 0 amide bonds. The van der Waals surface area contributed by atoms with Crippen molar-refractivity contribution in [2.75, 3.05) is 12.0 Å². The number of rotatable bonds is 7. The number of nitrogens with one attached hydrogen (secondary N) is 1. The molecule has 100 valence electrons. The van der Waals surface area contributed by atoms with Gasteiger partial charge in [0.25, 0.3) is 0 Å². The summed E-state index contributed by atoms with van der Waals surface area (Å²) in [5.41, 5.74) is 3.65. The number of benzene rings is 1. The molecule has 2 N–H and O–H groups in total. The summed E-state index contributed by atoms with van der Waals surface area (Å²) in [7, 11) is 0. The molecule has 0 aliphatic rings. The molecule has 3 nitrogen and oxygen atoms in total. The Morgan fingerprint density at radius 1 is 1.44 bits per heavy atom. The fourth-order valence-electron chi connectivity index (χ4n) is 1.79. The third-order valence-electron chi connectivity index (χ3n) is 3.16. The minimum absolute atomic E-state index is 0.461. The smallest absolute Gasteiger partial charge is 0.320 e. The zero-order valence-electron chi connectivity index (χ0n) is 11.2. The first-order chi connectivity index (χ1) is 8.56. The van der Waals surface area contributed by atoms with Crippen LogP contribution in [0.1, 0.15) is 23.1 Å². The number of carboxylic acid groups (broad SMARTS) is 1. The van der Waals surface area contributed by atoms with Crippen LogP contribution in [0.25, 0.3) is 0 Å². The summed E-state index contributed by atoms with van der Waals surface area (Å²) >= 11 is 1.67. The lowest BCUT2D eigenvalue weighted by molar-refractivity contribution is -0.139. The molecule has 0 aromatic heterocycles. The minimum Gasteiger partial charge on any atom is -0.480 e. The van der Waals surface area contributed by atoms with Gasteiger partial charge in [-0.3, -0.25) is 4.79 Å². The van der Waals surface area contributed by atoms with E-state index in [1.54, 1.807) is 11.8 Å². The fourth-order valence-corrected chi connectivity index (χ4v) is 2.26. The SMILES string of the molecule is CSCC[C@H](NCc1cccc(C)c1C)C(=O)O. The molecular weight excluding hydrogens is 246 g/mol. The lowest BCUT2D eigenvalue weighted by atomic mass is 10.0. The monoisotopic (exact) mass is 267 g/mol. The summed E-state index contributed by atoms with van der Waals surface area (Å²) in [5, 5.41) is 12.3. The molecule has 1 aromatic rings. The van der Waals surface area contributed by atoms with Crippen molar-refractivity contribution in [3.8, 4) is 0 Å². The predicted molar refractivity (Wildman–Crippen MR) is 77.2 cm³/mol. The Balaban J connectivity index is 2.61. The van der Waals surface area contributed by atoms with Crippen molar-refractivity contribution >= 4 is 17.7 Å². The van der Waals surface area contributed by atoms with E-state index in [0.717, 1.165) is 5.75 Å². The van der Waals surface area contributed by atoms with Gasteiger partial charge in [0.05, 0.1) is 0 Å². The normalized spacial score (nSPS) is 12.4. The summed E-state index contributed by atoms with van der Waals surface area (Å²) in [6, 6.07) is 5.67. The van der Waals surface area contributed by atoms with Crippen LogP contribution in [0.15, 0.2) is 18.2 Å². The van der Waals surface area contributed by atoms with Crippen LogP contribution in [0.3, 0.4) is 0 Å². The number of hydrogen-bond donors (Lipinski definition) is 2. The molecule has 0 aliphatic carbocycles. The number of aryl methyl sites for hydroxylation is 1. The van der Waals surface area contributed by atoms with Gasteiger partial charge in [-0.25, -0.2) is 0 Å². The van der Waals surface area contributed by atoms with Crippen LogP contribution in [0, 0.1) is 13.8 Å². The maximum atomic E-state index is 11.1. The van der Waals surface area contributed by atoms with E-state index >= 15 is 0 Å². The predicted octanol–water partition coefficient (Wildman–Crippen LogP) is 2.60. The van der Waals surface area contributed by atoms with Gasteiger partial charge in [-0.05, 0) is 49.0 Å². The van der Waals surface area contributed by atoms with E-state index in [1.165, 1.54) is 16.7 Å². The number of hydrogen-bond acceptors (Lipinski definition) is 3. The van der Waals surface area contributed by atoms with E-state index in [2.05, 4.69) is 25.2 Å². The summed E-state index contributed by atoms with van der Waals surface area (Å²) < 4.78 is 0. The molecule has 1 aromatic carbocycles. The van der Waals surface area contributed by atoms with Crippen molar-refractivity contribution in [1.82, 2.24) is 5.32 Å². The summed E-state index contributed by atoms with van der Waals surface area (Å²) in [6.45, 7) is 4.75. The van der Waals surface area contributed by atoms with Crippen molar-refractivity contribution in [3.05, 3.63) is 34.9 Å². The Bertz CT molecular complexity index is 407. The summed E-state index contributed by atoms with van der Waals surface area (Å²) in [4.78, 5) is 11.1. The largest absolute Gasteiger partial charge is 0.480 e. The lowest BCUT2D eigenvalue weighted by Crippen LogP contribution is -2.36. The summed E-state index contributed by atoms with van der Waals surface area (Å²) in [5.74, 6) is 0.0888. The third kappa shape index (κ3) is 4.35. The highest BCUT2D eigenvalue weighted by molar-refractivity contribution is 7.98. The van der Waals surface area contributed by atoms with Crippen LogP contribution in [0.4, 0.5) is 0 Å². The Hall–Kier alpha value is -1.00. The van der Waals surface area contributed by atoms with Gasteiger partial charge in [0.15, 0.2) is 0 Å². The Morgan fingerprint density at radius 3 is 2.78 bits per heavy atom. The van der Waals surface area contributed by atoms with Crippen LogP contribution in [0.2, 0.25) is 0 Å². The number of carboxylic acids is 1. The van der Waals surface area contributed by atoms with E-state index in [0.29, 0.717) is 13.0 Å². The Labute approximate surface area is 113 Å². The molecule has 0 fully saturated rings. The maximum absolute atomic E-state index is 11.1. The molecule has 0 bridgehead atoms. The number of aliphatic carboxylic acids is 1. The van der Waals surface area contributed by atoms with E-state index < -0.39 is 12.0 Å². The molecule has 4 heteroatoms. The molecule has 0 saturated heterocycles. The number of thioether (sulfide) groups is 1. The van der Waals surface area contributed by atoms with Gasteiger partial charge in [0.2, 0.25) is 0 Å². The first-order valence-electron chi connectivity index (χ1n) is 6.06. The standard InChI is InChI=1S/C14H21NO2S/c1-10-5-4-6-12(11(10)2)9-15-13(14(16)17)7-8-18-3/h4-6,13,15H,7-9H2,1-3H3,(H,16,17)/t13-/m0/s1. The fraction of sp³-hybridized carbons (Fsp3) is 0.500. The zero-order valence-corrected chi connectivity index (χ0v) is 12.0. The van der Waals surface area contributed by atoms with Gasteiger partial charge in [-0.2, -0.15) is 11.8 Å². The summed E-state index contributed by atoms with van der Waals surface area (Å²) in [6.07, 6.45) is 2.64. The highest BCUT2D eigenvalue weighted by Gasteiger charge is 2.16. The number of carbonyl (C=O) groups is 1. The Kier molecular flexibility index (Phi) is 6.22. The van der Waals surface area contributed by atoms with Crippen molar-refractivity contribution < 1.29 is 9.90 Å². The second-order valence-corrected chi connectivity index (χ2v) is 5.40. The maximum Gasteiger partial charge on any atom is 0.320 e. The molecular formula is C14H21NO2S. The second-order valence-electron chi connectivity index (χ2n) is 4.41. The van der Waals surface area contributed by atoms with Gasteiger partial charge in [0, 0.05) is 6.54 Å². The molecule has 0 aliphatic heterocycles. The van der Waals surface area contributed by atoms with Crippen LogP contribution >= 0.6 is 11.8 Å². The average Bonchev–Trinajstić information content (AvgIpc) is 2.33. The van der Waals surface area contributed by atoms with Gasteiger partial charge in [-0.1, -0.05) is 18.2 Å².